The summed E-state index contributed by atoms with van der Waals surface area (Å²) in [7, 11) is 1.64. The van der Waals surface area contributed by atoms with E-state index < -0.39 is 6.10 Å². The number of halogens is 1. The summed E-state index contributed by atoms with van der Waals surface area (Å²) in [5.74, 6) is 1.35. The second-order valence-corrected chi connectivity index (χ2v) is 7.80. The van der Waals surface area contributed by atoms with Crippen LogP contribution >= 0.6 is 15.9 Å². The van der Waals surface area contributed by atoms with Crippen molar-refractivity contribution in [2.24, 2.45) is 0 Å². The van der Waals surface area contributed by atoms with Crippen LogP contribution in [0.25, 0.3) is 0 Å². The summed E-state index contributed by atoms with van der Waals surface area (Å²) in [6.45, 7) is 3.61. The Morgan fingerprint density at radius 2 is 1.72 bits per heavy atom. The molecule has 0 bridgehead atoms. The fourth-order valence-electron chi connectivity index (χ4n) is 3.00. The first-order valence-corrected chi connectivity index (χ1v) is 10.3. The van der Waals surface area contributed by atoms with Gasteiger partial charge in [-0.2, -0.15) is 0 Å². The van der Waals surface area contributed by atoms with E-state index in [0.29, 0.717) is 31.2 Å². The van der Waals surface area contributed by atoms with Crippen molar-refractivity contribution in [1.29, 1.82) is 0 Å². The van der Waals surface area contributed by atoms with Crippen molar-refractivity contribution in [2.75, 3.05) is 13.7 Å². The van der Waals surface area contributed by atoms with Gasteiger partial charge < -0.3 is 19.9 Å². The minimum Gasteiger partial charge on any atom is -0.493 e. The van der Waals surface area contributed by atoms with Crippen molar-refractivity contribution in [3.05, 3.63) is 93.5 Å². The zero-order chi connectivity index (χ0) is 20.6. The SMILES string of the molecule is COc1cc(CNC[C@@H](O)c2ccccc2)cc(Br)c1OCc1ccc(C)cc1. The van der Waals surface area contributed by atoms with E-state index in [2.05, 4.69) is 52.4 Å². The molecule has 0 spiro atoms. The number of methoxy groups -OCH3 is 1. The minimum absolute atomic E-state index is 0.468. The van der Waals surface area contributed by atoms with Crippen molar-refractivity contribution in [3.8, 4) is 11.5 Å². The Hall–Kier alpha value is -2.34. The van der Waals surface area contributed by atoms with Crippen LogP contribution in [0, 0.1) is 6.92 Å². The van der Waals surface area contributed by atoms with Gasteiger partial charge in [-0.1, -0.05) is 60.2 Å². The molecule has 0 aliphatic heterocycles. The molecule has 3 rings (SSSR count). The summed E-state index contributed by atoms with van der Waals surface area (Å²) >= 11 is 3.60. The number of aliphatic hydroxyl groups is 1. The van der Waals surface area contributed by atoms with E-state index in [9.17, 15) is 5.11 Å². The highest BCUT2D eigenvalue weighted by Gasteiger charge is 2.13. The maximum atomic E-state index is 10.3. The fraction of sp³-hybridized carbons (Fsp3) is 0.250. The summed E-state index contributed by atoms with van der Waals surface area (Å²) in [5, 5.41) is 13.6. The summed E-state index contributed by atoms with van der Waals surface area (Å²) < 4.78 is 12.4. The predicted molar refractivity (Wildman–Crippen MR) is 119 cm³/mol. The van der Waals surface area contributed by atoms with E-state index in [1.165, 1.54) is 5.56 Å². The molecule has 0 fully saturated rings. The van der Waals surface area contributed by atoms with Crippen LogP contribution in [0.2, 0.25) is 0 Å². The molecule has 29 heavy (non-hydrogen) atoms. The van der Waals surface area contributed by atoms with Crippen molar-refractivity contribution in [1.82, 2.24) is 5.32 Å². The van der Waals surface area contributed by atoms with Crippen LogP contribution in [0.3, 0.4) is 0 Å². The van der Waals surface area contributed by atoms with Crippen LogP contribution in [0.5, 0.6) is 11.5 Å². The topological polar surface area (TPSA) is 50.7 Å². The van der Waals surface area contributed by atoms with Crippen LogP contribution < -0.4 is 14.8 Å². The summed E-state index contributed by atoms with van der Waals surface area (Å²) in [6.07, 6.45) is -0.543. The van der Waals surface area contributed by atoms with Crippen LogP contribution in [-0.2, 0) is 13.2 Å². The van der Waals surface area contributed by atoms with Gasteiger partial charge in [0.25, 0.3) is 0 Å². The average molecular weight is 456 g/mol. The Morgan fingerprint density at radius 3 is 2.41 bits per heavy atom. The lowest BCUT2D eigenvalue weighted by molar-refractivity contribution is 0.174. The Bertz CT molecular complexity index is 913. The normalized spacial score (nSPS) is 11.9. The Balaban J connectivity index is 1.60. The molecule has 4 nitrogen and oxygen atoms in total. The molecular weight excluding hydrogens is 430 g/mol. The maximum absolute atomic E-state index is 10.3. The number of nitrogens with one attached hydrogen (secondary N) is 1. The van der Waals surface area contributed by atoms with Crippen LogP contribution in [0.15, 0.2) is 71.2 Å². The quantitative estimate of drug-likeness (QED) is 0.467. The van der Waals surface area contributed by atoms with E-state index in [1.807, 2.05) is 42.5 Å². The zero-order valence-electron chi connectivity index (χ0n) is 16.7. The molecule has 0 saturated carbocycles. The number of hydrogen-bond acceptors (Lipinski definition) is 4. The molecule has 0 amide bonds. The second-order valence-electron chi connectivity index (χ2n) is 6.94. The van der Waals surface area contributed by atoms with Gasteiger partial charge in [0.1, 0.15) is 6.61 Å². The first kappa shape index (κ1) is 21.4. The molecule has 0 heterocycles. The van der Waals surface area contributed by atoms with Gasteiger partial charge in [-0.3, -0.25) is 0 Å². The zero-order valence-corrected chi connectivity index (χ0v) is 18.3. The molecule has 1 atom stereocenters. The van der Waals surface area contributed by atoms with Gasteiger partial charge in [0.15, 0.2) is 11.5 Å². The number of ether oxygens (including phenoxy) is 2. The number of benzene rings is 3. The van der Waals surface area contributed by atoms with E-state index in [1.54, 1.807) is 7.11 Å². The summed E-state index contributed by atoms with van der Waals surface area (Å²) in [4.78, 5) is 0. The van der Waals surface area contributed by atoms with Gasteiger partial charge in [-0.05, 0) is 51.7 Å². The van der Waals surface area contributed by atoms with Crippen molar-refractivity contribution < 1.29 is 14.6 Å². The van der Waals surface area contributed by atoms with Crippen LogP contribution in [-0.4, -0.2) is 18.8 Å². The highest BCUT2D eigenvalue weighted by atomic mass is 79.9. The van der Waals surface area contributed by atoms with Crippen molar-refractivity contribution in [3.63, 3.8) is 0 Å². The standard InChI is InChI=1S/C24H26BrNO3/c1-17-8-10-18(11-9-17)16-29-24-21(25)12-19(13-23(24)28-2)14-26-15-22(27)20-6-4-3-5-7-20/h3-13,22,26-27H,14-16H2,1-2H3/t22-/m1/s1. The predicted octanol–water partition coefficient (Wildman–Crippen LogP) is 5.17. The largest absolute Gasteiger partial charge is 0.493 e. The highest BCUT2D eigenvalue weighted by molar-refractivity contribution is 9.10. The number of hydrogen-bond donors (Lipinski definition) is 2. The Kier molecular flexibility index (Phi) is 7.69. The summed E-state index contributed by atoms with van der Waals surface area (Å²) in [5.41, 5.74) is 4.27. The van der Waals surface area contributed by atoms with E-state index in [-0.39, 0.29) is 0 Å². The maximum Gasteiger partial charge on any atom is 0.175 e. The smallest absolute Gasteiger partial charge is 0.175 e. The molecular formula is C24H26BrNO3. The van der Waals surface area contributed by atoms with Crippen molar-refractivity contribution in [2.45, 2.75) is 26.2 Å². The molecule has 5 heteroatoms. The van der Waals surface area contributed by atoms with Gasteiger partial charge in [-0.15, -0.1) is 0 Å². The molecule has 0 saturated heterocycles. The molecule has 3 aromatic rings. The molecule has 152 valence electrons. The van der Waals surface area contributed by atoms with Gasteiger partial charge in [0.2, 0.25) is 0 Å². The highest BCUT2D eigenvalue weighted by Crippen LogP contribution is 2.37. The number of aliphatic hydroxyl groups excluding tert-OH is 1. The third-order valence-corrected chi connectivity index (χ3v) is 5.23. The second kappa shape index (κ2) is 10.4. The third-order valence-electron chi connectivity index (χ3n) is 4.64. The van der Waals surface area contributed by atoms with E-state index in [4.69, 9.17) is 9.47 Å². The average Bonchev–Trinajstić information content (AvgIpc) is 2.74. The lowest BCUT2D eigenvalue weighted by Gasteiger charge is -2.16. The Morgan fingerprint density at radius 1 is 1.00 bits per heavy atom. The minimum atomic E-state index is -0.543. The first-order valence-electron chi connectivity index (χ1n) is 9.55. The first-order chi connectivity index (χ1) is 14.1. The lowest BCUT2D eigenvalue weighted by Crippen LogP contribution is -2.21. The molecule has 0 radical (unpaired) electrons. The van der Waals surface area contributed by atoms with E-state index in [0.717, 1.165) is 21.2 Å². The van der Waals surface area contributed by atoms with Gasteiger partial charge in [0, 0.05) is 13.1 Å². The van der Waals surface area contributed by atoms with Crippen LogP contribution in [0.4, 0.5) is 0 Å². The number of aryl methyl sites for hydroxylation is 1. The molecule has 0 unspecified atom stereocenters. The van der Waals surface area contributed by atoms with Gasteiger partial charge in [0.05, 0.1) is 17.7 Å². The molecule has 0 aliphatic rings. The van der Waals surface area contributed by atoms with Crippen molar-refractivity contribution >= 4 is 15.9 Å². The molecule has 0 aliphatic carbocycles. The number of rotatable bonds is 9. The molecule has 0 aromatic heterocycles. The van der Waals surface area contributed by atoms with Gasteiger partial charge >= 0.3 is 0 Å². The fourth-order valence-corrected chi connectivity index (χ4v) is 3.61. The molecule has 2 N–H and O–H groups in total. The third kappa shape index (κ3) is 6.07. The molecule has 3 aromatic carbocycles. The van der Waals surface area contributed by atoms with Gasteiger partial charge in [-0.25, -0.2) is 0 Å². The Labute approximate surface area is 180 Å². The lowest BCUT2D eigenvalue weighted by atomic mass is 10.1. The van der Waals surface area contributed by atoms with Crippen LogP contribution in [0.1, 0.15) is 28.4 Å². The monoisotopic (exact) mass is 455 g/mol. The van der Waals surface area contributed by atoms with E-state index >= 15 is 0 Å². The summed E-state index contributed by atoms with van der Waals surface area (Å²) in [6, 6.07) is 21.9.